The van der Waals surface area contributed by atoms with E-state index in [9.17, 15) is 0 Å². The molecule has 0 spiro atoms. The molecule has 17 heavy (non-hydrogen) atoms. The average molecular weight is 240 g/mol. The van der Waals surface area contributed by atoms with Crippen molar-refractivity contribution in [3.05, 3.63) is 60.5 Å². The van der Waals surface area contributed by atoms with Gasteiger partial charge in [-0.1, -0.05) is 38.3 Å². The maximum atomic E-state index is 2.29. The maximum absolute atomic E-state index is 2.29. The van der Waals surface area contributed by atoms with Gasteiger partial charge in [-0.15, -0.1) is 0 Å². The van der Waals surface area contributed by atoms with Gasteiger partial charge in [-0.2, -0.15) is 0 Å². The molecule has 0 bridgehead atoms. The molecule has 0 saturated carbocycles. The second-order valence-electron chi connectivity index (χ2n) is 4.18. The van der Waals surface area contributed by atoms with Crippen LogP contribution >= 0.6 is 7.92 Å². The minimum Gasteiger partial charge on any atom is -0.0753 e. The van der Waals surface area contributed by atoms with Gasteiger partial charge in [0, 0.05) is 0 Å². The molecule has 1 saturated heterocycles. The topological polar surface area (TPSA) is 0 Å². The number of rotatable bonds is 1. The van der Waals surface area contributed by atoms with E-state index in [-0.39, 0.29) is 7.92 Å². The van der Waals surface area contributed by atoms with Crippen molar-refractivity contribution in [2.24, 2.45) is 0 Å². The molecule has 1 fully saturated rings. The van der Waals surface area contributed by atoms with Crippen LogP contribution in [0.5, 0.6) is 0 Å². The van der Waals surface area contributed by atoms with Crippen LogP contribution in [0.3, 0.4) is 0 Å². The van der Waals surface area contributed by atoms with E-state index in [1.807, 2.05) is 37.0 Å². The molecule has 1 aliphatic heterocycles. The van der Waals surface area contributed by atoms with Gasteiger partial charge in [0.05, 0.1) is 0 Å². The van der Waals surface area contributed by atoms with Crippen LogP contribution < -0.4 is 5.30 Å². The van der Waals surface area contributed by atoms with Crippen LogP contribution in [0.25, 0.3) is 0 Å². The van der Waals surface area contributed by atoms with Crippen LogP contribution in [0.15, 0.2) is 60.5 Å². The smallest absolute Gasteiger partial charge is 0.0240 e. The second-order valence-corrected chi connectivity index (χ2v) is 6.67. The Labute approximate surface area is 106 Å². The Hall–Kier alpha value is -0.935. The first-order chi connectivity index (χ1) is 8.47. The summed E-state index contributed by atoms with van der Waals surface area (Å²) in [6.07, 6.45) is 5.86. The molecule has 0 unspecified atom stereocenters. The summed E-state index contributed by atoms with van der Waals surface area (Å²) in [6.45, 7) is 2.00. The molecule has 0 nitrogen and oxygen atoms in total. The molecule has 1 aliphatic rings. The van der Waals surface area contributed by atoms with Gasteiger partial charge in [0.2, 0.25) is 0 Å². The van der Waals surface area contributed by atoms with Gasteiger partial charge < -0.3 is 0 Å². The molecule has 0 aliphatic carbocycles. The molecular weight excluding hydrogens is 222 g/mol. The Morgan fingerprint density at radius 3 is 1.82 bits per heavy atom. The Morgan fingerprint density at radius 1 is 0.765 bits per heavy atom. The number of hydrogen-bond acceptors (Lipinski definition) is 0. The zero-order valence-corrected chi connectivity index (χ0v) is 11.0. The normalized spacial score (nSPS) is 14.8. The van der Waals surface area contributed by atoms with E-state index < -0.39 is 0 Å². The van der Waals surface area contributed by atoms with Crippen molar-refractivity contribution in [3.63, 3.8) is 0 Å². The summed E-state index contributed by atoms with van der Waals surface area (Å²) in [6, 6.07) is 17.0. The van der Waals surface area contributed by atoms with E-state index in [1.54, 1.807) is 5.30 Å². The SMILES string of the molecule is b1ccccc1.c1ccc(P2CCCC2)cc1. The van der Waals surface area contributed by atoms with Gasteiger partial charge in [-0.25, -0.2) is 0 Å². The first-order valence-corrected chi connectivity index (χ1v) is 7.98. The number of hydrogen-bond donors (Lipinski definition) is 0. The minimum absolute atomic E-state index is 0.260. The first-order valence-electron chi connectivity index (χ1n) is 6.27. The fraction of sp³-hybridized carbons (Fsp3) is 0.267. The number of benzene rings is 1. The third-order valence-corrected chi connectivity index (χ3v) is 5.63. The van der Waals surface area contributed by atoms with Crippen LogP contribution in [-0.4, -0.2) is 19.2 Å². The third kappa shape index (κ3) is 4.44. The van der Waals surface area contributed by atoms with E-state index >= 15 is 0 Å². The minimum atomic E-state index is 0.260. The average Bonchev–Trinajstić information content (AvgIpc) is 2.96. The first kappa shape index (κ1) is 12.5. The van der Waals surface area contributed by atoms with Gasteiger partial charge in [-0.05, 0) is 30.5 Å². The van der Waals surface area contributed by atoms with E-state index in [4.69, 9.17) is 0 Å². The van der Waals surface area contributed by atoms with E-state index in [1.165, 1.54) is 25.2 Å². The van der Waals surface area contributed by atoms with E-state index in [2.05, 4.69) is 30.3 Å². The summed E-state index contributed by atoms with van der Waals surface area (Å²) in [4.78, 5) is 0. The van der Waals surface area contributed by atoms with E-state index in [0.29, 0.717) is 0 Å². The van der Waals surface area contributed by atoms with Gasteiger partial charge in [0.15, 0.2) is 0 Å². The second kappa shape index (κ2) is 7.40. The van der Waals surface area contributed by atoms with Crippen molar-refractivity contribution >= 4 is 20.1 Å². The molecule has 86 valence electrons. The molecule has 1 aromatic heterocycles. The summed E-state index contributed by atoms with van der Waals surface area (Å²) >= 11 is 0. The molecule has 0 amide bonds. The molecule has 2 heterocycles. The molecule has 0 radical (unpaired) electrons. The largest absolute Gasteiger partial charge is 0.0753 e. The van der Waals surface area contributed by atoms with Crippen molar-refractivity contribution < 1.29 is 0 Å². The molecule has 2 heteroatoms. The molecule has 2 aromatic rings. The van der Waals surface area contributed by atoms with Crippen molar-refractivity contribution in [1.29, 1.82) is 0 Å². The van der Waals surface area contributed by atoms with Gasteiger partial charge in [0.1, 0.15) is 0 Å². The third-order valence-electron chi connectivity index (χ3n) is 2.89. The van der Waals surface area contributed by atoms with Crippen LogP contribution in [0.2, 0.25) is 0 Å². The zero-order valence-electron chi connectivity index (χ0n) is 10.1. The fourth-order valence-electron chi connectivity index (χ4n) is 2.00. The molecule has 1 aromatic carbocycles. The quantitative estimate of drug-likeness (QED) is 0.668. The van der Waals surface area contributed by atoms with Crippen molar-refractivity contribution in [2.45, 2.75) is 12.8 Å². The summed E-state index contributed by atoms with van der Waals surface area (Å²) in [5.74, 6) is 4.00. The molecule has 3 rings (SSSR count). The summed E-state index contributed by atoms with van der Waals surface area (Å²) < 4.78 is 0. The van der Waals surface area contributed by atoms with Gasteiger partial charge in [0.25, 0.3) is 0 Å². The molecule has 0 atom stereocenters. The summed E-state index contributed by atoms with van der Waals surface area (Å²) in [7, 11) is 0.260. The van der Waals surface area contributed by atoms with E-state index in [0.717, 1.165) is 0 Å². The van der Waals surface area contributed by atoms with Crippen LogP contribution in [0.4, 0.5) is 0 Å². The standard InChI is InChI=1S/C10H13P.C5H5B/c1-2-6-10(7-3-1)11-8-4-5-9-11;1-2-4-6-5-3-1/h1-3,6-7H,4-5,8-9H2;1-5H. The Morgan fingerprint density at radius 2 is 1.35 bits per heavy atom. The summed E-state index contributed by atoms with van der Waals surface area (Å²) in [5, 5.41) is 1.61. The van der Waals surface area contributed by atoms with Crippen molar-refractivity contribution in [1.82, 2.24) is 0 Å². The van der Waals surface area contributed by atoms with Crippen LogP contribution in [0.1, 0.15) is 12.8 Å². The van der Waals surface area contributed by atoms with Crippen LogP contribution in [-0.2, 0) is 0 Å². The Balaban J connectivity index is 0.000000153. The monoisotopic (exact) mass is 240 g/mol. The molecular formula is C15H18BP. The van der Waals surface area contributed by atoms with Gasteiger partial charge in [-0.3, -0.25) is 0 Å². The fourth-order valence-corrected chi connectivity index (χ4v) is 4.54. The molecule has 0 N–H and O–H groups in total. The predicted molar refractivity (Wildman–Crippen MR) is 79.8 cm³/mol. The predicted octanol–water partition coefficient (Wildman–Crippen LogP) is 3.61. The maximum Gasteiger partial charge on any atom is -0.0240 e. The van der Waals surface area contributed by atoms with Crippen LogP contribution in [0, 0.1) is 0 Å². The zero-order chi connectivity index (χ0) is 11.8. The summed E-state index contributed by atoms with van der Waals surface area (Å²) in [5.41, 5.74) is 0. The Kier molecular flexibility index (Phi) is 5.45. The van der Waals surface area contributed by atoms with Crippen molar-refractivity contribution in [3.8, 4) is 0 Å². The van der Waals surface area contributed by atoms with Crippen molar-refractivity contribution in [2.75, 3.05) is 12.3 Å². The Bertz CT molecular complexity index is 369. The van der Waals surface area contributed by atoms with Gasteiger partial charge >= 0.3 is 37.0 Å².